The third-order valence-corrected chi connectivity index (χ3v) is 5.40. The first-order valence-corrected chi connectivity index (χ1v) is 10.8. The van der Waals surface area contributed by atoms with Crippen LogP contribution in [0.5, 0.6) is 0 Å². The Morgan fingerprint density at radius 1 is 1.03 bits per heavy atom. The second-order valence-corrected chi connectivity index (χ2v) is 7.40. The molecule has 2 N–H and O–H groups in total. The number of fused-ring (bicyclic) bond motifs is 1. The van der Waals surface area contributed by atoms with E-state index in [1.54, 1.807) is 56.3 Å². The number of para-hydroxylation sites is 2. The lowest BCUT2D eigenvalue weighted by molar-refractivity contribution is -0.142. The van der Waals surface area contributed by atoms with Crippen LogP contribution < -0.4 is 10.6 Å². The smallest absolute Gasteiger partial charge is 0.355 e. The minimum Gasteiger partial charge on any atom is -0.463 e. The highest BCUT2D eigenvalue weighted by atomic mass is 16.5. The van der Waals surface area contributed by atoms with Crippen molar-refractivity contribution in [2.75, 3.05) is 18.1 Å². The van der Waals surface area contributed by atoms with E-state index in [0.717, 1.165) is 5.39 Å². The number of rotatable bonds is 6. The summed E-state index contributed by atoms with van der Waals surface area (Å²) in [5.41, 5.74) is 7.41. The largest absolute Gasteiger partial charge is 0.463 e. The van der Waals surface area contributed by atoms with Gasteiger partial charge in [0.05, 0.1) is 36.3 Å². The van der Waals surface area contributed by atoms with Crippen molar-refractivity contribution in [2.45, 2.75) is 19.8 Å². The Morgan fingerprint density at radius 2 is 1.68 bits per heavy atom. The number of nitrogens with two attached hydrogens (primary N) is 1. The Kier molecular flexibility index (Phi) is 6.37. The average molecular weight is 457 g/mol. The van der Waals surface area contributed by atoms with E-state index in [1.165, 1.54) is 4.90 Å². The summed E-state index contributed by atoms with van der Waals surface area (Å²) in [7, 11) is 0. The summed E-state index contributed by atoms with van der Waals surface area (Å²) >= 11 is 0. The zero-order valence-electron chi connectivity index (χ0n) is 18.8. The number of carbonyl (C=O) groups is 2. The molecule has 0 aliphatic carbocycles. The van der Waals surface area contributed by atoms with Gasteiger partial charge in [-0.25, -0.2) is 9.59 Å². The van der Waals surface area contributed by atoms with Gasteiger partial charge in [-0.3, -0.25) is 4.90 Å². The van der Waals surface area contributed by atoms with Crippen LogP contribution >= 0.6 is 0 Å². The molecule has 1 aliphatic heterocycles. The Balaban J connectivity index is 2.05. The van der Waals surface area contributed by atoms with Crippen molar-refractivity contribution in [3.8, 4) is 6.07 Å². The fraction of sp³-hybridized carbons (Fsp3) is 0.192. The van der Waals surface area contributed by atoms with Gasteiger partial charge in [-0.15, -0.1) is 0 Å². The van der Waals surface area contributed by atoms with Crippen molar-refractivity contribution in [3.63, 3.8) is 0 Å². The summed E-state index contributed by atoms with van der Waals surface area (Å²) in [5, 5.41) is 10.9. The molecular weight excluding hydrogens is 434 g/mol. The van der Waals surface area contributed by atoms with E-state index in [2.05, 4.69) is 6.07 Å². The van der Waals surface area contributed by atoms with Gasteiger partial charge in [0.15, 0.2) is 0 Å². The number of ether oxygens (including phenoxy) is 2. The predicted octanol–water partition coefficient (Wildman–Crippen LogP) is 4.11. The molecule has 1 aromatic heterocycles. The number of allylic oxidation sites excluding steroid dienone is 1. The van der Waals surface area contributed by atoms with Gasteiger partial charge >= 0.3 is 11.9 Å². The van der Waals surface area contributed by atoms with E-state index in [4.69, 9.17) is 19.6 Å². The maximum atomic E-state index is 13.3. The van der Waals surface area contributed by atoms with E-state index in [-0.39, 0.29) is 35.9 Å². The Hall–Kier alpha value is -4.51. The fourth-order valence-electron chi connectivity index (χ4n) is 4.01. The van der Waals surface area contributed by atoms with Crippen LogP contribution in [0.15, 0.2) is 87.7 Å². The maximum Gasteiger partial charge on any atom is 0.355 e. The monoisotopic (exact) mass is 457 g/mol. The van der Waals surface area contributed by atoms with Gasteiger partial charge in [-0.1, -0.05) is 36.4 Å². The van der Waals surface area contributed by atoms with Crippen LogP contribution in [0.4, 0.5) is 5.69 Å². The molecule has 1 aliphatic rings. The second-order valence-electron chi connectivity index (χ2n) is 7.40. The van der Waals surface area contributed by atoms with Gasteiger partial charge in [0.2, 0.25) is 0 Å². The summed E-state index contributed by atoms with van der Waals surface area (Å²) in [6.45, 7) is 3.46. The van der Waals surface area contributed by atoms with Crippen LogP contribution in [-0.2, 0) is 19.1 Å². The molecule has 0 amide bonds. The van der Waals surface area contributed by atoms with Crippen molar-refractivity contribution in [1.82, 2.24) is 0 Å². The highest BCUT2D eigenvalue weighted by molar-refractivity contribution is 6.06. The highest BCUT2D eigenvalue weighted by Crippen LogP contribution is 2.44. The lowest BCUT2D eigenvalue weighted by Gasteiger charge is -2.35. The van der Waals surface area contributed by atoms with Gasteiger partial charge in [-0.2, -0.15) is 5.26 Å². The number of hydrogen-bond acceptors (Lipinski definition) is 8. The van der Waals surface area contributed by atoms with E-state index in [1.807, 2.05) is 18.2 Å². The van der Waals surface area contributed by atoms with Gasteiger partial charge in [-0.05, 0) is 38.1 Å². The molecule has 34 heavy (non-hydrogen) atoms. The molecule has 2 heterocycles. The Labute approximate surface area is 196 Å². The number of hydrogen-bond donors (Lipinski definition) is 1. The molecule has 0 bridgehead atoms. The molecule has 0 radical (unpaired) electrons. The Morgan fingerprint density at radius 3 is 2.32 bits per heavy atom. The lowest BCUT2D eigenvalue weighted by atomic mass is 9.84. The minimum atomic E-state index is -1.06. The summed E-state index contributed by atoms with van der Waals surface area (Å²) in [6, 6.07) is 19.9. The third-order valence-electron chi connectivity index (χ3n) is 5.40. The molecule has 172 valence electrons. The van der Waals surface area contributed by atoms with Crippen LogP contribution in [0, 0.1) is 11.3 Å². The van der Waals surface area contributed by atoms with Gasteiger partial charge in [0.1, 0.15) is 22.9 Å². The third kappa shape index (κ3) is 3.88. The van der Waals surface area contributed by atoms with E-state index >= 15 is 0 Å². The Bertz CT molecular complexity index is 1310. The molecule has 2 aromatic carbocycles. The van der Waals surface area contributed by atoms with Crippen molar-refractivity contribution >= 4 is 28.6 Å². The number of benzene rings is 2. The summed E-state index contributed by atoms with van der Waals surface area (Å²) in [5.74, 6) is -2.31. The molecule has 8 heteroatoms. The summed E-state index contributed by atoms with van der Waals surface area (Å²) in [6.07, 6.45) is 0. The zero-order chi connectivity index (χ0) is 24.2. The van der Waals surface area contributed by atoms with Crippen LogP contribution in [0.2, 0.25) is 0 Å². The lowest BCUT2D eigenvalue weighted by Crippen LogP contribution is -2.41. The van der Waals surface area contributed by atoms with Crippen molar-refractivity contribution < 1.29 is 23.5 Å². The zero-order valence-corrected chi connectivity index (χ0v) is 18.8. The first-order valence-electron chi connectivity index (χ1n) is 10.8. The number of anilines is 1. The molecule has 0 fully saturated rings. The molecule has 0 saturated heterocycles. The van der Waals surface area contributed by atoms with E-state index in [9.17, 15) is 14.9 Å². The molecule has 8 nitrogen and oxygen atoms in total. The van der Waals surface area contributed by atoms with Gasteiger partial charge in [0.25, 0.3) is 0 Å². The molecule has 0 unspecified atom stereocenters. The summed E-state index contributed by atoms with van der Waals surface area (Å²) in [4.78, 5) is 28.0. The molecular formula is C26H23N3O5. The number of carbonyl (C=O) groups excluding carboxylic acids is 2. The normalized spacial score (nSPS) is 15.9. The number of esters is 2. The number of nitriles is 1. The molecule has 0 saturated carbocycles. The quantitative estimate of drug-likeness (QED) is 0.549. The topological polar surface area (TPSA) is 119 Å². The van der Waals surface area contributed by atoms with Gasteiger partial charge in [0, 0.05) is 11.1 Å². The highest BCUT2D eigenvalue weighted by Gasteiger charge is 2.44. The van der Waals surface area contributed by atoms with E-state index < -0.39 is 17.9 Å². The molecule has 0 spiro atoms. The van der Waals surface area contributed by atoms with E-state index in [0.29, 0.717) is 17.0 Å². The molecule has 4 rings (SSSR count). The predicted molar refractivity (Wildman–Crippen MR) is 125 cm³/mol. The standard InChI is InChI=1S/C26H23N3O5/c1-3-32-25(30)22-21(20-14-16-10-8-9-13-19(16)34-20)18(15-27)24(28)29(17-11-6-5-7-12-17)23(22)26(31)33-4-2/h5-14,21H,3-4,28H2,1-2H3/t21-/m1/s1. The molecule has 1 atom stereocenters. The van der Waals surface area contributed by atoms with Crippen molar-refractivity contribution in [1.29, 1.82) is 5.26 Å². The maximum absolute atomic E-state index is 13.3. The first-order chi connectivity index (χ1) is 16.5. The second kappa shape index (κ2) is 9.55. The van der Waals surface area contributed by atoms with Crippen molar-refractivity contribution in [3.05, 3.63) is 89.1 Å². The van der Waals surface area contributed by atoms with Gasteiger partial charge < -0.3 is 19.6 Å². The number of furan rings is 1. The fourth-order valence-corrected chi connectivity index (χ4v) is 4.01. The van der Waals surface area contributed by atoms with Crippen LogP contribution in [0.3, 0.4) is 0 Å². The molecule has 3 aromatic rings. The van der Waals surface area contributed by atoms with Crippen molar-refractivity contribution in [2.24, 2.45) is 5.73 Å². The average Bonchev–Trinajstić information content (AvgIpc) is 3.28. The van der Waals surface area contributed by atoms with Crippen LogP contribution in [0.1, 0.15) is 25.5 Å². The SMILES string of the molecule is CCOC(=O)C1=C(C(=O)OCC)N(c2ccccc2)C(N)=C(C#N)[C@@H]1c1cc2ccccc2o1. The summed E-state index contributed by atoms with van der Waals surface area (Å²) < 4.78 is 16.7. The van der Waals surface area contributed by atoms with Crippen LogP contribution in [-0.4, -0.2) is 25.2 Å². The number of nitrogens with zero attached hydrogens (tertiary/aromatic N) is 2. The van der Waals surface area contributed by atoms with Crippen LogP contribution in [0.25, 0.3) is 11.0 Å². The minimum absolute atomic E-state index is 0.00439. The first kappa shape index (κ1) is 22.7.